The van der Waals surface area contributed by atoms with Gasteiger partial charge in [-0.25, -0.2) is 4.98 Å². The Morgan fingerprint density at radius 2 is 1.31 bits per heavy atom. The largest absolute Gasteiger partial charge is 0.411 e. The predicted molar refractivity (Wildman–Crippen MR) is 148 cm³/mol. The van der Waals surface area contributed by atoms with Gasteiger partial charge in [-0.05, 0) is 53.6 Å². The SMILES string of the molecule is Clc1ccc(COCc2ccc(Cl)cc2Cl)c(Cl)c1.ON=C(Cn1ccnc1)c1ccc(Cl)cc1Cl. The van der Waals surface area contributed by atoms with Crippen molar-refractivity contribution >= 4 is 75.3 Å². The van der Waals surface area contributed by atoms with Crippen molar-refractivity contribution in [3.05, 3.63) is 120 Å². The summed E-state index contributed by atoms with van der Waals surface area (Å²) in [4.78, 5) is 3.91. The zero-order valence-corrected chi connectivity index (χ0v) is 23.0. The molecule has 0 radical (unpaired) electrons. The lowest BCUT2D eigenvalue weighted by atomic mass is 10.1. The minimum Gasteiger partial charge on any atom is -0.411 e. The molecule has 0 fully saturated rings. The van der Waals surface area contributed by atoms with Crippen LogP contribution in [0.5, 0.6) is 0 Å². The average Bonchev–Trinajstić information content (AvgIpc) is 3.34. The first-order chi connectivity index (χ1) is 17.3. The Labute approximate surface area is 238 Å². The molecule has 5 nitrogen and oxygen atoms in total. The van der Waals surface area contributed by atoms with Crippen molar-refractivity contribution in [1.29, 1.82) is 0 Å². The molecule has 0 atom stereocenters. The number of nitrogens with zero attached hydrogens (tertiary/aromatic N) is 3. The second-order valence-corrected chi connectivity index (χ2v) is 9.90. The molecule has 1 aromatic heterocycles. The summed E-state index contributed by atoms with van der Waals surface area (Å²) >= 11 is 35.6. The van der Waals surface area contributed by atoms with Gasteiger partial charge in [0.1, 0.15) is 5.71 Å². The third-order valence-corrected chi connectivity index (χ3v) is 6.52. The number of oxime groups is 1. The van der Waals surface area contributed by atoms with Crippen molar-refractivity contribution < 1.29 is 9.94 Å². The zero-order valence-electron chi connectivity index (χ0n) is 18.5. The molecule has 0 amide bonds. The summed E-state index contributed by atoms with van der Waals surface area (Å²) in [6, 6.07) is 15.6. The summed E-state index contributed by atoms with van der Waals surface area (Å²) in [5, 5.41) is 15.7. The summed E-state index contributed by atoms with van der Waals surface area (Å²) in [5.41, 5.74) is 2.87. The number of rotatable bonds is 7. The Balaban J connectivity index is 0.000000202. The van der Waals surface area contributed by atoms with Gasteiger partial charge in [-0.3, -0.25) is 0 Å². The smallest absolute Gasteiger partial charge is 0.108 e. The third-order valence-electron chi connectivity index (χ3n) is 4.80. The van der Waals surface area contributed by atoms with E-state index in [1.54, 1.807) is 65.8 Å². The number of hydrogen-bond donors (Lipinski definition) is 1. The van der Waals surface area contributed by atoms with E-state index in [2.05, 4.69) is 10.1 Å². The van der Waals surface area contributed by atoms with Gasteiger partial charge in [0.25, 0.3) is 0 Å². The lowest BCUT2D eigenvalue weighted by Crippen LogP contribution is -2.11. The lowest BCUT2D eigenvalue weighted by molar-refractivity contribution is 0.107. The first kappa shape index (κ1) is 28.6. The zero-order chi connectivity index (χ0) is 26.1. The summed E-state index contributed by atoms with van der Waals surface area (Å²) in [6.45, 7) is 1.18. The van der Waals surface area contributed by atoms with Crippen LogP contribution in [-0.4, -0.2) is 20.5 Å². The van der Waals surface area contributed by atoms with Gasteiger partial charge in [0.05, 0.1) is 31.1 Å². The Hall–Kier alpha value is -1.96. The molecule has 3 aromatic carbocycles. The Morgan fingerprint density at radius 1 is 0.778 bits per heavy atom. The number of aromatic nitrogens is 2. The number of hydrogen-bond acceptors (Lipinski definition) is 4. The highest BCUT2D eigenvalue weighted by atomic mass is 35.5. The highest BCUT2D eigenvalue weighted by molar-refractivity contribution is 6.37. The van der Waals surface area contributed by atoms with Gasteiger partial charge in [-0.1, -0.05) is 86.9 Å². The van der Waals surface area contributed by atoms with E-state index in [4.69, 9.17) is 79.5 Å². The minimum atomic E-state index is 0.387. The maximum absolute atomic E-state index is 9.03. The van der Waals surface area contributed by atoms with E-state index in [1.807, 2.05) is 12.1 Å². The third kappa shape index (κ3) is 8.56. The van der Waals surface area contributed by atoms with Gasteiger partial charge in [0.2, 0.25) is 0 Å². The predicted octanol–water partition coefficient (Wildman–Crippen LogP) is 9.09. The fourth-order valence-corrected chi connectivity index (χ4v) is 4.44. The molecule has 0 unspecified atom stereocenters. The number of imidazole rings is 1. The summed E-state index contributed by atoms with van der Waals surface area (Å²) in [7, 11) is 0. The van der Waals surface area contributed by atoms with Crippen molar-refractivity contribution in [1.82, 2.24) is 9.55 Å². The lowest BCUT2D eigenvalue weighted by Gasteiger charge is -2.08. The van der Waals surface area contributed by atoms with E-state index in [1.165, 1.54) is 0 Å². The van der Waals surface area contributed by atoms with Crippen LogP contribution in [0, 0.1) is 0 Å². The molecule has 0 aliphatic rings. The van der Waals surface area contributed by atoms with Crippen LogP contribution in [-0.2, 0) is 24.5 Å². The van der Waals surface area contributed by atoms with Gasteiger partial charge in [-0.2, -0.15) is 0 Å². The van der Waals surface area contributed by atoms with Crippen molar-refractivity contribution in [2.75, 3.05) is 0 Å². The first-order valence-corrected chi connectivity index (χ1v) is 12.6. The number of benzene rings is 3. The van der Waals surface area contributed by atoms with Crippen LogP contribution in [0.3, 0.4) is 0 Å². The van der Waals surface area contributed by atoms with Crippen molar-refractivity contribution in [2.24, 2.45) is 5.16 Å². The molecule has 0 aliphatic heterocycles. The van der Waals surface area contributed by atoms with E-state index >= 15 is 0 Å². The van der Waals surface area contributed by atoms with Crippen molar-refractivity contribution in [3.8, 4) is 0 Å². The second kappa shape index (κ2) is 14.1. The van der Waals surface area contributed by atoms with Crippen LogP contribution >= 0.6 is 69.6 Å². The molecule has 0 saturated heterocycles. The normalized spacial score (nSPS) is 11.2. The first-order valence-electron chi connectivity index (χ1n) is 10.3. The maximum atomic E-state index is 9.03. The molecule has 188 valence electrons. The topological polar surface area (TPSA) is 59.6 Å². The minimum absolute atomic E-state index is 0.387. The molecule has 0 saturated carbocycles. The molecule has 0 aliphatic carbocycles. The Morgan fingerprint density at radius 3 is 1.75 bits per heavy atom. The van der Waals surface area contributed by atoms with Crippen LogP contribution in [0.4, 0.5) is 0 Å². The van der Waals surface area contributed by atoms with Crippen LogP contribution < -0.4 is 0 Å². The van der Waals surface area contributed by atoms with Crippen LogP contribution in [0.15, 0.2) is 78.5 Å². The molecular formula is C25H19Cl6N3O2. The fourth-order valence-electron chi connectivity index (χ4n) is 3.00. The molecule has 0 bridgehead atoms. The summed E-state index contributed by atoms with van der Waals surface area (Å²) in [6.07, 6.45) is 5.06. The maximum Gasteiger partial charge on any atom is 0.108 e. The Bertz CT molecular complexity index is 1280. The van der Waals surface area contributed by atoms with E-state index in [9.17, 15) is 0 Å². The summed E-state index contributed by atoms with van der Waals surface area (Å²) < 4.78 is 7.37. The fraction of sp³-hybridized carbons (Fsp3) is 0.120. The highest BCUT2D eigenvalue weighted by Gasteiger charge is 2.10. The van der Waals surface area contributed by atoms with Crippen molar-refractivity contribution in [2.45, 2.75) is 19.8 Å². The second-order valence-electron chi connectivity index (χ2n) is 7.37. The molecule has 0 spiro atoms. The van der Waals surface area contributed by atoms with Gasteiger partial charge in [0.15, 0.2) is 0 Å². The van der Waals surface area contributed by atoms with E-state index in [0.29, 0.717) is 61.2 Å². The molecule has 1 N–H and O–H groups in total. The summed E-state index contributed by atoms with van der Waals surface area (Å²) in [5.74, 6) is 0. The van der Waals surface area contributed by atoms with Gasteiger partial charge < -0.3 is 14.5 Å². The van der Waals surface area contributed by atoms with Gasteiger partial charge in [-0.15, -0.1) is 0 Å². The van der Waals surface area contributed by atoms with Crippen molar-refractivity contribution in [3.63, 3.8) is 0 Å². The Kier molecular flexibility index (Phi) is 11.2. The molecule has 36 heavy (non-hydrogen) atoms. The molecule has 4 aromatic rings. The molecule has 1 heterocycles. The standard InChI is InChI=1S/C14H10Cl4O.C11H9Cl2N3O/c15-11-3-1-9(13(17)5-11)7-19-8-10-2-4-12(16)6-14(10)18;12-8-1-2-9(10(13)5-8)11(15-17)6-16-4-3-14-7-16/h1-6H,7-8H2;1-5,7,17H,6H2. The van der Waals surface area contributed by atoms with Crippen LogP contribution in [0.1, 0.15) is 16.7 Å². The van der Waals surface area contributed by atoms with Gasteiger partial charge in [0, 0.05) is 43.1 Å². The average molecular weight is 606 g/mol. The highest BCUT2D eigenvalue weighted by Crippen LogP contribution is 2.25. The number of ether oxygens (including phenoxy) is 1. The van der Waals surface area contributed by atoms with Crippen LogP contribution in [0.25, 0.3) is 0 Å². The van der Waals surface area contributed by atoms with E-state index in [0.717, 1.165) is 11.1 Å². The molecule has 4 rings (SSSR count). The molecule has 11 heteroatoms. The monoisotopic (exact) mass is 603 g/mol. The van der Waals surface area contributed by atoms with Gasteiger partial charge >= 0.3 is 0 Å². The van der Waals surface area contributed by atoms with Crippen LogP contribution in [0.2, 0.25) is 30.1 Å². The van der Waals surface area contributed by atoms with E-state index < -0.39 is 0 Å². The molecular weight excluding hydrogens is 587 g/mol. The quantitative estimate of drug-likeness (QED) is 0.130. The van der Waals surface area contributed by atoms with E-state index in [-0.39, 0.29) is 0 Å². The number of halogens is 6.